The molecular weight excluding hydrogens is 298 g/mol. The quantitative estimate of drug-likeness (QED) is 0.849. The molecule has 1 atom stereocenters. The Morgan fingerprint density at radius 3 is 2.82 bits per heavy atom. The van der Waals surface area contributed by atoms with Gasteiger partial charge in [-0.3, -0.25) is 4.79 Å². The third-order valence-electron chi connectivity index (χ3n) is 4.06. The summed E-state index contributed by atoms with van der Waals surface area (Å²) in [5.41, 5.74) is 0.976. The molecule has 5 nitrogen and oxygen atoms in total. The van der Waals surface area contributed by atoms with E-state index in [1.165, 1.54) is 12.8 Å². The molecule has 1 saturated heterocycles. The molecule has 2 heterocycles. The standard InChI is InChI=1S/C16H17N3O2S/c20-16-13(8-9-19(16)12-4-2-1-3-5-12)22-10-14-17-15(18-21-14)11-6-7-11/h1-5,11,13H,6-10H2. The highest BCUT2D eigenvalue weighted by molar-refractivity contribution is 7.99. The molecule has 22 heavy (non-hydrogen) atoms. The van der Waals surface area contributed by atoms with E-state index >= 15 is 0 Å². The number of thioether (sulfide) groups is 1. The van der Waals surface area contributed by atoms with Crippen LogP contribution in [0.4, 0.5) is 5.69 Å². The second-order valence-electron chi connectivity index (χ2n) is 5.73. The number of benzene rings is 1. The van der Waals surface area contributed by atoms with Gasteiger partial charge in [0.1, 0.15) is 0 Å². The normalized spacial score (nSPS) is 21.5. The van der Waals surface area contributed by atoms with Crippen LogP contribution in [0.5, 0.6) is 0 Å². The predicted molar refractivity (Wildman–Crippen MR) is 84.8 cm³/mol. The van der Waals surface area contributed by atoms with Gasteiger partial charge < -0.3 is 9.42 Å². The molecule has 0 N–H and O–H groups in total. The molecule has 1 aliphatic heterocycles. The first-order valence-electron chi connectivity index (χ1n) is 7.62. The number of aromatic nitrogens is 2. The molecule has 1 aromatic heterocycles. The lowest BCUT2D eigenvalue weighted by molar-refractivity contribution is -0.116. The van der Waals surface area contributed by atoms with Crippen LogP contribution in [0.3, 0.4) is 0 Å². The fourth-order valence-electron chi connectivity index (χ4n) is 2.68. The summed E-state index contributed by atoms with van der Waals surface area (Å²) in [7, 11) is 0. The van der Waals surface area contributed by atoms with Crippen LogP contribution in [-0.4, -0.2) is 27.8 Å². The van der Waals surface area contributed by atoms with Crippen molar-refractivity contribution in [2.75, 3.05) is 11.4 Å². The van der Waals surface area contributed by atoms with Gasteiger partial charge in [0.15, 0.2) is 5.82 Å². The Labute approximate surface area is 133 Å². The van der Waals surface area contributed by atoms with Gasteiger partial charge in [-0.05, 0) is 31.4 Å². The van der Waals surface area contributed by atoms with Gasteiger partial charge >= 0.3 is 0 Å². The van der Waals surface area contributed by atoms with Crippen molar-refractivity contribution in [2.45, 2.75) is 36.2 Å². The smallest absolute Gasteiger partial charge is 0.240 e. The zero-order valence-electron chi connectivity index (χ0n) is 12.1. The molecule has 1 saturated carbocycles. The largest absolute Gasteiger partial charge is 0.338 e. The lowest BCUT2D eigenvalue weighted by Crippen LogP contribution is -2.27. The fourth-order valence-corrected chi connectivity index (χ4v) is 3.68. The maximum Gasteiger partial charge on any atom is 0.240 e. The molecule has 4 rings (SSSR count). The van der Waals surface area contributed by atoms with Gasteiger partial charge in [-0.1, -0.05) is 23.4 Å². The van der Waals surface area contributed by atoms with Crippen molar-refractivity contribution in [1.82, 2.24) is 10.1 Å². The summed E-state index contributed by atoms with van der Waals surface area (Å²) in [4.78, 5) is 18.8. The van der Waals surface area contributed by atoms with Crippen LogP contribution in [0.15, 0.2) is 34.9 Å². The maximum absolute atomic E-state index is 12.5. The molecule has 1 unspecified atom stereocenters. The van der Waals surface area contributed by atoms with Crippen LogP contribution in [0.2, 0.25) is 0 Å². The second-order valence-corrected chi connectivity index (χ2v) is 6.93. The van der Waals surface area contributed by atoms with Crippen LogP contribution in [0.25, 0.3) is 0 Å². The monoisotopic (exact) mass is 315 g/mol. The van der Waals surface area contributed by atoms with Crippen molar-refractivity contribution < 1.29 is 9.32 Å². The summed E-state index contributed by atoms with van der Waals surface area (Å²) < 4.78 is 5.27. The minimum Gasteiger partial charge on any atom is -0.338 e. The van der Waals surface area contributed by atoms with Gasteiger partial charge in [-0.2, -0.15) is 4.98 Å². The first-order valence-corrected chi connectivity index (χ1v) is 8.66. The van der Waals surface area contributed by atoms with Crippen LogP contribution < -0.4 is 4.90 Å². The highest BCUT2D eigenvalue weighted by atomic mass is 32.2. The van der Waals surface area contributed by atoms with E-state index in [0.717, 1.165) is 24.5 Å². The van der Waals surface area contributed by atoms with Gasteiger partial charge in [0, 0.05) is 18.2 Å². The van der Waals surface area contributed by atoms with E-state index in [9.17, 15) is 4.79 Å². The topological polar surface area (TPSA) is 59.2 Å². The molecule has 0 spiro atoms. The first kappa shape index (κ1) is 13.8. The zero-order valence-corrected chi connectivity index (χ0v) is 13.0. The Hall–Kier alpha value is -1.82. The Morgan fingerprint density at radius 1 is 1.23 bits per heavy atom. The van der Waals surface area contributed by atoms with Crippen molar-refractivity contribution in [3.63, 3.8) is 0 Å². The number of carbonyl (C=O) groups excluding carboxylic acids is 1. The van der Waals surface area contributed by atoms with E-state index < -0.39 is 0 Å². The Kier molecular flexibility index (Phi) is 3.62. The molecule has 0 radical (unpaired) electrons. The van der Waals surface area contributed by atoms with Crippen LogP contribution in [0, 0.1) is 0 Å². The maximum atomic E-state index is 12.5. The molecule has 2 fully saturated rings. The van der Waals surface area contributed by atoms with Crippen LogP contribution in [0.1, 0.15) is 36.9 Å². The van der Waals surface area contributed by atoms with E-state index in [-0.39, 0.29) is 11.2 Å². The van der Waals surface area contributed by atoms with E-state index in [2.05, 4.69) is 10.1 Å². The minimum absolute atomic E-state index is 0.0171. The fraction of sp³-hybridized carbons (Fsp3) is 0.438. The molecule has 1 aliphatic carbocycles. The number of amides is 1. The van der Waals surface area contributed by atoms with Crippen molar-refractivity contribution in [3.8, 4) is 0 Å². The third kappa shape index (κ3) is 2.75. The number of hydrogen-bond donors (Lipinski definition) is 0. The lowest BCUT2D eigenvalue weighted by Gasteiger charge is -2.16. The number of rotatable bonds is 5. The summed E-state index contributed by atoms with van der Waals surface area (Å²) in [5.74, 6) is 2.76. The summed E-state index contributed by atoms with van der Waals surface area (Å²) in [6.07, 6.45) is 3.19. The summed E-state index contributed by atoms with van der Waals surface area (Å²) >= 11 is 1.60. The molecule has 2 aliphatic rings. The van der Waals surface area contributed by atoms with Gasteiger partial charge in [-0.15, -0.1) is 11.8 Å². The summed E-state index contributed by atoms with van der Waals surface area (Å²) in [6.45, 7) is 0.775. The lowest BCUT2D eigenvalue weighted by atomic mass is 10.3. The average molecular weight is 315 g/mol. The van der Waals surface area contributed by atoms with E-state index in [0.29, 0.717) is 17.6 Å². The van der Waals surface area contributed by atoms with Crippen molar-refractivity contribution in [2.24, 2.45) is 0 Å². The Morgan fingerprint density at radius 2 is 2.05 bits per heavy atom. The summed E-state index contributed by atoms with van der Waals surface area (Å²) in [6, 6.07) is 9.83. The first-order chi connectivity index (χ1) is 10.8. The molecule has 0 bridgehead atoms. The van der Waals surface area contributed by atoms with Crippen molar-refractivity contribution in [1.29, 1.82) is 0 Å². The van der Waals surface area contributed by atoms with Gasteiger partial charge in [0.05, 0.1) is 11.0 Å². The minimum atomic E-state index is -0.0171. The van der Waals surface area contributed by atoms with Crippen LogP contribution >= 0.6 is 11.8 Å². The van der Waals surface area contributed by atoms with E-state index in [1.807, 2.05) is 35.2 Å². The van der Waals surface area contributed by atoms with Gasteiger partial charge in [0.25, 0.3) is 0 Å². The average Bonchev–Trinajstić information content (AvgIpc) is 3.18. The second kappa shape index (κ2) is 5.76. The number of carbonyl (C=O) groups is 1. The Bertz CT molecular complexity index is 669. The summed E-state index contributed by atoms with van der Waals surface area (Å²) in [5, 5.41) is 3.99. The molecular formula is C16H17N3O2S. The number of anilines is 1. The van der Waals surface area contributed by atoms with E-state index in [4.69, 9.17) is 4.52 Å². The Balaban J connectivity index is 1.36. The number of nitrogens with zero attached hydrogens (tertiary/aromatic N) is 3. The SMILES string of the molecule is O=C1C(SCc2nc(C3CC3)no2)CCN1c1ccccc1. The molecule has 6 heteroatoms. The molecule has 1 aromatic carbocycles. The molecule has 1 amide bonds. The number of para-hydroxylation sites is 1. The predicted octanol–water partition coefficient (Wildman–Crippen LogP) is 2.99. The third-order valence-corrected chi connectivity index (χ3v) is 5.31. The van der Waals surface area contributed by atoms with E-state index in [1.54, 1.807) is 11.8 Å². The van der Waals surface area contributed by atoms with Gasteiger partial charge in [0.2, 0.25) is 11.8 Å². The molecule has 2 aromatic rings. The van der Waals surface area contributed by atoms with Crippen LogP contribution in [-0.2, 0) is 10.5 Å². The van der Waals surface area contributed by atoms with Crippen molar-refractivity contribution in [3.05, 3.63) is 42.0 Å². The highest BCUT2D eigenvalue weighted by Gasteiger charge is 2.33. The number of hydrogen-bond acceptors (Lipinski definition) is 5. The highest BCUT2D eigenvalue weighted by Crippen LogP contribution is 2.38. The van der Waals surface area contributed by atoms with Gasteiger partial charge in [-0.25, -0.2) is 0 Å². The van der Waals surface area contributed by atoms with Crippen molar-refractivity contribution >= 4 is 23.4 Å². The zero-order chi connectivity index (χ0) is 14.9. The molecule has 114 valence electrons.